The van der Waals surface area contributed by atoms with E-state index in [2.05, 4.69) is 5.32 Å². The maximum absolute atomic E-state index is 11.8. The fourth-order valence-corrected chi connectivity index (χ4v) is 1.76. The van der Waals surface area contributed by atoms with E-state index in [0.29, 0.717) is 11.3 Å². The van der Waals surface area contributed by atoms with Crippen molar-refractivity contribution in [2.45, 2.75) is 6.04 Å². The van der Waals surface area contributed by atoms with Gasteiger partial charge in [0, 0.05) is 12.7 Å². The first kappa shape index (κ1) is 13.2. The van der Waals surface area contributed by atoms with Gasteiger partial charge in [0.25, 0.3) is 11.8 Å². The second kappa shape index (κ2) is 4.79. The first-order valence-electron chi connectivity index (χ1n) is 5.59. The predicted molar refractivity (Wildman–Crippen MR) is 66.6 cm³/mol. The lowest BCUT2D eigenvalue weighted by molar-refractivity contribution is -0.118. The Hall–Kier alpha value is -2.25. The van der Waals surface area contributed by atoms with Gasteiger partial charge >= 0.3 is 0 Å². The minimum Gasteiger partial charge on any atom is -0.394 e. The molecule has 19 heavy (non-hydrogen) atoms. The van der Waals surface area contributed by atoms with Gasteiger partial charge in [-0.2, -0.15) is 0 Å². The van der Waals surface area contributed by atoms with Gasteiger partial charge in [-0.05, 0) is 18.2 Å². The quantitative estimate of drug-likeness (QED) is 0.616. The van der Waals surface area contributed by atoms with Gasteiger partial charge in [0.2, 0.25) is 5.91 Å². The number of imide groups is 1. The number of aliphatic hydroxyl groups is 1. The molecular weight excluding hydrogens is 250 g/mol. The standard InChI is InChI=1S/C12H13N3O4/c1-15-11(18)7-3-2-6(4-8(7)12(15)19)14-10(17)9(13)5-16/h2-4,9,16H,5,13H2,1H3,(H,14,17). The molecule has 1 atom stereocenters. The average molecular weight is 263 g/mol. The third kappa shape index (κ3) is 2.20. The molecule has 2 rings (SSSR count). The summed E-state index contributed by atoms with van der Waals surface area (Å²) in [5, 5.41) is 11.2. The smallest absolute Gasteiger partial charge is 0.261 e. The number of carbonyl (C=O) groups is 3. The molecule has 0 saturated carbocycles. The first-order chi connectivity index (χ1) is 8.95. The van der Waals surface area contributed by atoms with Crippen LogP contribution in [0.15, 0.2) is 18.2 Å². The molecule has 1 aliphatic rings. The molecule has 1 aliphatic heterocycles. The van der Waals surface area contributed by atoms with Crippen LogP contribution in [0, 0.1) is 0 Å². The van der Waals surface area contributed by atoms with Crippen LogP contribution in [-0.2, 0) is 4.79 Å². The van der Waals surface area contributed by atoms with Crippen LogP contribution < -0.4 is 11.1 Å². The van der Waals surface area contributed by atoms with Gasteiger partial charge < -0.3 is 16.2 Å². The van der Waals surface area contributed by atoms with Crippen molar-refractivity contribution in [3.63, 3.8) is 0 Å². The fraction of sp³-hybridized carbons (Fsp3) is 0.250. The number of hydrogen-bond acceptors (Lipinski definition) is 5. The number of hydrogen-bond donors (Lipinski definition) is 3. The molecule has 1 unspecified atom stereocenters. The van der Waals surface area contributed by atoms with Crippen LogP contribution in [0.4, 0.5) is 5.69 Å². The SMILES string of the molecule is CN1C(=O)c2ccc(NC(=O)C(N)CO)cc2C1=O. The Morgan fingerprint density at radius 3 is 2.63 bits per heavy atom. The van der Waals surface area contributed by atoms with Gasteiger partial charge in [-0.3, -0.25) is 19.3 Å². The minimum absolute atomic E-state index is 0.239. The van der Waals surface area contributed by atoms with Crippen LogP contribution in [0.25, 0.3) is 0 Å². The topological polar surface area (TPSA) is 113 Å². The summed E-state index contributed by atoms with van der Waals surface area (Å²) in [5.41, 5.74) is 6.25. The Morgan fingerprint density at radius 2 is 2.00 bits per heavy atom. The molecule has 3 amide bonds. The fourth-order valence-electron chi connectivity index (χ4n) is 1.76. The van der Waals surface area contributed by atoms with Crippen LogP contribution >= 0.6 is 0 Å². The molecule has 7 heteroatoms. The molecule has 1 aromatic rings. The van der Waals surface area contributed by atoms with Gasteiger partial charge in [-0.25, -0.2) is 0 Å². The Kier molecular flexibility index (Phi) is 3.32. The molecule has 100 valence electrons. The molecule has 1 heterocycles. The third-order valence-corrected chi connectivity index (χ3v) is 2.89. The molecule has 0 bridgehead atoms. The summed E-state index contributed by atoms with van der Waals surface area (Å²) in [4.78, 5) is 35.9. The number of rotatable bonds is 3. The number of fused-ring (bicyclic) bond motifs is 1. The number of carbonyl (C=O) groups excluding carboxylic acids is 3. The highest BCUT2D eigenvalue weighted by Gasteiger charge is 2.32. The lowest BCUT2D eigenvalue weighted by Crippen LogP contribution is -2.38. The van der Waals surface area contributed by atoms with Crippen LogP contribution in [0.1, 0.15) is 20.7 Å². The van der Waals surface area contributed by atoms with Crippen LogP contribution in [0.2, 0.25) is 0 Å². The van der Waals surface area contributed by atoms with E-state index in [1.54, 1.807) is 0 Å². The lowest BCUT2D eigenvalue weighted by atomic mass is 10.1. The van der Waals surface area contributed by atoms with Crippen LogP contribution in [0.5, 0.6) is 0 Å². The van der Waals surface area contributed by atoms with E-state index >= 15 is 0 Å². The molecule has 0 saturated heterocycles. The van der Waals surface area contributed by atoms with E-state index in [1.807, 2.05) is 0 Å². The van der Waals surface area contributed by atoms with Crippen molar-refractivity contribution in [1.82, 2.24) is 4.90 Å². The Bertz CT molecular complexity index is 570. The minimum atomic E-state index is -1.03. The Balaban J connectivity index is 2.26. The predicted octanol–water partition coefficient (Wildman–Crippen LogP) is -0.829. The molecule has 0 fully saturated rings. The molecular formula is C12H13N3O4. The van der Waals surface area contributed by atoms with E-state index in [0.717, 1.165) is 4.90 Å². The maximum atomic E-state index is 11.8. The monoisotopic (exact) mass is 263 g/mol. The largest absolute Gasteiger partial charge is 0.394 e. The van der Waals surface area contributed by atoms with Crippen molar-refractivity contribution in [3.05, 3.63) is 29.3 Å². The summed E-state index contributed by atoms with van der Waals surface area (Å²) in [6.45, 7) is -0.475. The van der Waals surface area contributed by atoms with Crippen molar-refractivity contribution in [2.75, 3.05) is 19.0 Å². The number of nitrogens with zero attached hydrogens (tertiary/aromatic N) is 1. The van der Waals surface area contributed by atoms with E-state index in [-0.39, 0.29) is 11.5 Å². The van der Waals surface area contributed by atoms with Crippen molar-refractivity contribution in [2.24, 2.45) is 5.73 Å². The summed E-state index contributed by atoms with van der Waals surface area (Å²) in [5.74, 6) is -1.35. The summed E-state index contributed by atoms with van der Waals surface area (Å²) in [6, 6.07) is 3.36. The van der Waals surface area contributed by atoms with Gasteiger partial charge in [0.1, 0.15) is 6.04 Å². The van der Waals surface area contributed by atoms with E-state index in [4.69, 9.17) is 10.8 Å². The zero-order chi connectivity index (χ0) is 14.2. The summed E-state index contributed by atoms with van der Waals surface area (Å²) in [6.07, 6.45) is 0. The number of anilines is 1. The van der Waals surface area contributed by atoms with E-state index in [1.165, 1.54) is 25.2 Å². The van der Waals surface area contributed by atoms with Crippen molar-refractivity contribution < 1.29 is 19.5 Å². The molecule has 4 N–H and O–H groups in total. The zero-order valence-electron chi connectivity index (χ0n) is 10.2. The maximum Gasteiger partial charge on any atom is 0.261 e. The number of aliphatic hydroxyl groups excluding tert-OH is 1. The van der Waals surface area contributed by atoms with E-state index in [9.17, 15) is 14.4 Å². The number of nitrogens with one attached hydrogen (secondary N) is 1. The number of benzene rings is 1. The van der Waals surface area contributed by atoms with Gasteiger partial charge in [-0.15, -0.1) is 0 Å². The van der Waals surface area contributed by atoms with Crippen LogP contribution in [-0.4, -0.2) is 47.4 Å². The Labute approximate surface area is 109 Å². The van der Waals surface area contributed by atoms with Crippen LogP contribution in [0.3, 0.4) is 0 Å². The normalized spacial score (nSPS) is 15.4. The van der Waals surface area contributed by atoms with Gasteiger partial charge in [0.15, 0.2) is 0 Å². The highest BCUT2D eigenvalue weighted by Crippen LogP contribution is 2.24. The molecule has 0 spiro atoms. The third-order valence-electron chi connectivity index (χ3n) is 2.89. The average Bonchev–Trinajstić information content (AvgIpc) is 2.63. The zero-order valence-corrected chi connectivity index (χ0v) is 10.2. The summed E-state index contributed by atoms with van der Waals surface area (Å²) >= 11 is 0. The van der Waals surface area contributed by atoms with Crippen molar-refractivity contribution >= 4 is 23.4 Å². The molecule has 7 nitrogen and oxygen atoms in total. The van der Waals surface area contributed by atoms with Crippen molar-refractivity contribution in [1.29, 1.82) is 0 Å². The second-order valence-electron chi connectivity index (χ2n) is 4.21. The summed E-state index contributed by atoms with van der Waals surface area (Å²) in [7, 11) is 1.39. The molecule has 1 aromatic carbocycles. The highest BCUT2D eigenvalue weighted by atomic mass is 16.3. The van der Waals surface area contributed by atoms with E-state index < -0.39 is 24.5 Å². The first-order valence-corrected chi connectivity index (χ1v) is 5.59. The van der Waals surface area contributed by atoms with Gasteiger partial charge in [-0.1, -0.05) is 0 Å². The molecule has 0 aliphatic carbocycles. The van der Waals surface area contributed by atoms with Crippen molar-refractivity contribution in [3.8, 4) is 0 Å². The highest BCUT2D eigenvalue weighted by molar-refractivity contribution is 6.21. The molecule has 0 radical (unpaired) electrons. The van der Waals surface area contributed by atoms with Gasteiger partial charge in [0.05, 0.1) is 17.7 Å². The Morgan fingerprint density at radius 1 is 1.37 bits per heavy atom. The molecule has 0 aromatic heterocycles. The lowest BCUT2D eigenvalue weighted by Gasteiger charge is -2.09. The number of nitrogens with two attached hydrogens (primary N) is 1. The summed E-state index contributed by atoms with van der Waals surface area (Å²) < 4.78 is 0. The second-order valence-corrected chi connectivity index (χ2v) is 4.21. The number of amides is 3.